The number of nitriles is 1. The van der Waals surface area contributed by atoms with E-state index in [1.54, 1.807) is 12.1 Å². The zero-order valence-electron chi connectivity index (χ0n) is 22.3. The Bertz CT molecular complexity index is 1580. The normalized spacial score (nSPS) is 26.3. The zero-order chi connectivity index (χ0) is 29.3. The highest BCUT2D eigenvalue weighted by Gasteiger charge is 2.45. The molecule has 2 aliphatic rings. The minimum Gasteiger partial charge on any atom is -0.394 e. The molecule has 0 bridgehead atoms. The van der Waals surface area contributed by atoms with Crippen LogP contribution in [0.4, 0.5) is 5.69 Å². The van der Waals surface area contributed by atoms with E-state index < -0.39 is 52.2 Å². The summed E-state index contributed by atoms with van der Waals surface area (Å²) in [7, 11) is -2.38. The quantitative estimate of drug-likeness (QED) is 0.246. The van der Waals surface area contributed by atoms with Gasteiger partial charge in [-0.15, -0.1) is 11.3 Å². The average molecular weight is 601 g/mol. The molecule has 5 N–H and O–H groups in total. The third-order valence-corrected chi connectivity index (χ3v) is 9.92. The van der Waals surface area contributed by atoms with Crippen LogP contribution in [0.2, 0.25) is 0 Å². The summed E-state index contributed by atoms with van der Waals surface area (Å²) in [5.41, 5.74) is 2.15. The van der Waals surface area contributed by atoms with Crippen molar-refractivity contribution in [3.8, 4) is 16.5 Å². The first kappa shape index (κ1) is 29.6. The molecule has 2 saturated heterocycles. The number of fused-ring (bicyclic) bond motifs is 1. The second kappa shape index (κ2) is 12.1. The van der Waals surface area contributed by atoms with Gasteiger partial charge >= 0.3 is 0 Å². The Labute approximate surface area is 242 Å². The lowest BCUT2D eigenvalue weighted by Gasteiger charge is -2.40. The van der Waals surface area contributed by atoms with E-state index in [1.807, 2.05) is 16.9 Å². The summed E-state index contributed by atoms with van der Waals surface area (Å²) < 4.78 is 32.9. The maximum Gasteiger partial charge on any atom is 0.251 e. The van der Waals surface area contributed by atoms with Crippen molar-refractivity contribution in [2.45, 2.75) is 30.6 Å². The Kier molecular flexibility index (Phi) is 8.76. The summed E-state index contributed by atoms with van der Waals surface area (Å²) in [5, 5.41) is 51.5. The summed E-state index contributed by atoms with van der Waals surface area (Å²) in [6.07, 6.45) is -5.35. The molecular formula is C28H32N4O7S2. The van der Waals surface area contributed by atoms with Crippen molar-refractivity contribution >= 4 is 43.9 Å². The molecule has 0 radical (unpaired) electrons. The van der Waals surface area contributed by atoms with Crippen molar-refractivity contribution in [3.05, 3.63) is 58.3 Å². The fourth-order valence-electron chi connectivity index (χ4n) is 5.00. The Balaban J connectivity index is 1.33. The third kappa shape index (κ3) is 6.31. The highest BCUT2D eigenvalue weighted by Crippen LogP contribution is 2.33. The van der Waals surface area contributed by atoms with Gasteiger partial charge in [0.2, 0.25) is 0 Å². The lowest BCUT2D eigenvalue weighted by Crippen LogP contribution is -2.64. The summed E-state index contributed by atoms with van der Waals surface area (Å²) in [4.78, 5) is 5.46. The van der Waals surface area contributed by atoms with Crippen LogP contribution in [0.15, 0.2) is 53.4 Å². The van der Waals surface area contributed by atoms with Crippen LogP contribution in [0.3, 0.4) is 0 Å². The fraction of sp³-hybridized carbons (Fsp3) is 0.393. The fourth-order valence-corrected chi connectivity index (χ4v) is 7.16. The molecule has 11 nitrogen and oxygen atoms in total. The number of allylic oxidation sites excluding steroid dienone is 1. The van der Waals surface area contributed by atoms with E-state index in [0.717, 1.165) is 47.4 Å². The number of hydrogen-bond donors (Lipinski definition) is 5. The summed E-state index contributed by atoms with van der Waals surface area (Å²) in [5.74, 6) is 0. The number of ether oxygens (including phenoxy) is 1. The first-order valence-corrected chi connectivity index (χ1v) is 15.4. The molecule has 3 heterocycles. The molecule has 5 atom stereocenters. The smallest absolute Gasteiger partial charge is 0.251 e. The summed E-state index contributed by atoms with van der Waals surface area (Å²) in [6, 6.07) is 16.1. The molecule has 0 amide bonds. The van der Waals surface area contributed by atoms with E-state index >= 15 is 0 Å². The summed E-state index contributed by atoms with van der Waals surface area (Å²) in [6.45, 7) is 3.36. The first-order valence-electron chi connectivity index (χ1n) is 13.1. The van der Waals surface area contributed by atoms with E-state index in [9.17, 15) is 34.1 Å². The Morgan fingerprint density at radius 3 is 2.49 bits per heavy atom. The van der Waals surface area contributed by atoms with Crippen LogP contribution in [-0.2, 0) is 14.8 Å². The molecule has 0 aliphatic carbocycles. The number of aliphatic hydroxyl groups excluding tert-OH is 4. The first-order chi connectivity index (χ1) is 19.6. The number of likely N-dealkylation sites (N-methyl/N-ethyl adjacent to an activating group) is 1. The highest BCUT2D eigenvalue weighted by atomic mass is 32.2. The molecule has 2 aromatic carbocycles. The van der Waals surface area contributed by atoms with Crippen molar-refractivity contribution in [3.63, 3.8) is 0 Å². The summed E-state index contributed by atoms with van der Waals surface area (Å²) >= 11 is 1.31. The number of nitrogens with one attached hydrogen (secondary N) is 1. The molecule has 0 spiro atoms. The molecule has 13 heteroatoms. The minimum absolute atomic E-state index is 0.508. The topological polar surface area (TPSA) is 167 Å². The second-order valence-electron chi connectivity index (χ2n) is 10.2. The average Bonchev–Trinajstić information content (AvgIpc) is 3.44. The predicted molar refractivity (Wildman–Crippen MR) is 156 cm³/mol. The Morgan fingerprint density at radius 2 is 1.78 bits per heavy atom. The van der Waals surface area contributed by atoms with E-state index in [1.165, 1.54) is 23.1 Å². The van der Waals surface area contributed by atoms with Gasteiger partial charge in [0.25, 0.3) is 10.0 Å². The molecule has 218 valence electrons. The molecule has 2 unspecified atom stereocenters. The zero-order valence-corrected chi connectivity index (χ0v) is 23.9. The maximum atomic E-state index is 13.0. The van der Waals surface area contributed by atoms with E-state index in [-0.39, 0.29) is 0 Å². The number of rotatable bonds is 7. The molecule has 2 fully saturated rings. The van der Waals surface area contributed by atoms with E-state index in [2.05, 4.69) is 47.2 Å². The van der Waals surface area contributed by atoms with Gasteiger partial charge in [-0.3, -0.25) is 0 Å². The number of sulfonamides is 1. The largest absolute Gasteiger partial charge is 0.394 e. The van der Waals surface area contributed by atoms with Crippen molar-refractivity contribution in [2.24, 2.45) is 0 Å². The van der Waals surface area contributed by atoms with Crippen LogP contribution in [-0.4, -0.2) is 104 Å². The van der Waals surface area contributed by atoms with Crippen molar-refractivity contribution in [2.75, 3.05) is 44.7 Å². The maximum absolute atomic E-state index is 13.0. The predicted octanol–water partition coefficient (Wildman–Crippen LogP) is 0.904. The van der Waals surface area contributed by atoms with Gasteiger partial charge < -0.3 is 35.0 Å². The molecule has 3 aromatic rings. The van der Waals surface area contributed by atoms with Gasteiger partial charge in [0.1, 0.15) is 30.4 Å². The standard InChI is InChI=1S/C28H32N4O7S2/c1-31-8-10-32(11-9-31)20-5-4-17-12-19(3-2-18(17)13-20)24-7-6-21(40-24)14-22(15-29)41(37,38)30-25-27(35)26(34)23(16-33)39-28(25)36/h2-7,12-14,23,25-28,30,33-36H,8-11,16H2,1H3/b22-14+/t23-,25?,26-,27-,28?/m1/s1. The van der Waals surface area contributed by atoms with Gasteiger partial charge in [0.15, 0.2) is 11.2 Å². The number of piperazine rings is 1. The van der Waals surface area contributed by atoms with Crippen LogP contribution >= 0.6 is 11.3 Å². The van der Waals surface area contributed by atoms with Crippen molar-refractivity contribution in [1.29, 1.82) is 5.26 Å². The van der Waals surface area contributed by atoms with E-state index in [4.69, 9.17) is 4.74 Å². The van der Waals surface area contributed by atoms with Crippen LogP contribution in [0.1, 0.15) is 4.88 Å². The monoisotopic (exact) mass is 600 g/mol. The number of nitrogens with zero attached hydrogens (tertiary/aromatic N) is 3. The SMILES string of the molecule is CN1CCN(c2ccc3cc(-c4ccc(/C=C(\C#N)S(=O)(=O)NC5C(O)O[C@H](CO)[C@@H](O)[C@@H]5O)s4)ccc3c2)CC1. The second-order valence-corrected chi connectivity index (χ2v) is 13.0. The Hall–Kier alpha value is -2.90. The molecule has 0 saturated carbocycles. The number of hydrogen-bond acceptors (Lipinski definition) is 11. The van der Waals surface area contributed by atoms with Crippen LogP contribution in [0.5, 0.6) is 0 Å². The Morgan fingerprint density at radius 1 is 1.07 bits per heavy atom. The van der Waals surface area contributed by atoms with Crippen LogP contribution in [0, 0.1) is 11.3 Å². The molecule has 1 aromatic heterocycles. The lowest BCUT2D eigenvalue weighted by molar-refractivity contribution is -0.251. The van der Waals surface area contributed by atoms with Gasteiger partial charge in [0.05, 0.1) is 6.61 Å². The van der Waals surface area contributed by atoms with Gasteiger partial charge in [0, 0.05) is 41.6 Å². The number of thiophene rings is 1. The lowest BCUT2D eigenvalue weighted by atomic mass is 9.98. The molecule has 41 heavy (non-hydrogen) atoms. The van der Waals surface area contributed by atoms with Crippen molar-refractivity contribution in [1.82, 2.24) is 9.62 Å². The van der Waals surface area contributed by atoms with Gasteiger partial charge in [-0.05, 0) is 59.8 Å². The minimum atomic E-state index is -4.51. The number of anilines is 1. The van der Waals surface area contributed by atoms with E-state index in [0.29, 0.717) is 4.88 Å². The third-order valence-electron chi connectivity index (χ3n) is 7.47. The highest BCUT2D eigenvalue weighted by molar-refractivity contribution is 7.93. The van der Waals surface area contributed by atoms with Crippen molar-refractivity contribution < 1.29 is 33.6 Å². The van der Waals surface area contributed by atoms with Crippen LogP contribution in [0.25, 0.3) is 27.3 Å². The molecular weight excluding hydrogens is 568 g/mol. The number of aliphatic hydroxyl groups is 4. The molecule has 2 aliphatic heterocycles. The van der Waals surface area contributed by atoms with Crippen LogP contribution < -0.4 is 9.62 Å². The van der Waals surface area contributed by atoms with Gasteiger partial charge in [-0.2, -0.15) is 9.98 Å². The molecule has 5 rings (SSSR count). The number of benzene rings is 2. The van der Waals surface area contributed by atoms with Gasteiger partial charge in [-0.1, -0.05) is 18.2 Å². The van der Waals surface area contributed by atoms with Gasteiger partial charge in [-0.25, -0.2) is 8.42 Å².